The van der Waals surface area contributed by atoms with E-state index >= 15 is 0 Å². The summed E-state index contributed by atoms with van der Waals surface area (Å²) < 4.78 is 13.8. The Morgan fingerprint density at radius 3 is 2.59 bits per heavy atom. The highest BCUT2D eigenvalue weighted by atomic mass is 32.2. The second kappa shape index (κ2) is 7.80. The number of ketones is 1. The summed E-state index contributed by atoms with van der Waals surface area (Å²) in [6, 6.07) is 14.7. The van der Waals surface area contributed by atoms with E-state index in [-0.39, 0.29) is 11.3 Å². The third kappa shape index (κ3) is 4.74. The van der Waals surface area contributed by atoms with E-state index in [9.17, 15) is 9.18 Å². The number of carbonyl (C=O) groups is 1. The largest absolute Gasteiger partial charge is 0.383 e. The molecule has 0 unspecified atom stereocenters. The molecule has 0 aliphatic rings. The monoisotopic (exact) mass is 315 g/mol. The number of allylic oxidation sites excluding steroid dienone is 1. The van der Waals surface area contributed by atoms with Gasteiger partial charge >= 0.3 is 0 Å². The molecule has 0 saturated heterocycles. The Morgan fingerprint density at radius 2 is 1.91 bits per heavy atom. The molecular formula is C18H18FNOS. The van der Waals surface area contributed by atoms with Gasteiger partial charge in [0.05, 0.1) is 5.56 Å². The first kappa shape index (κ1) is 16.3. The molecule has 0 saturated carbocycles. The molecule has 0 heterocycles. The van der Waals surface area contributed by atoms with Gasteiger partial charge in [0.1, 0.15) is 5.82 Å². The Labute approximate surface area is 134 Å². The third-order valence-electron chi connectivity index (χ3n) is 2.98. The van der Waals surface area contributed by atoms with Crippen LogP contribution >= 0.6 is 11.8 Å². The summed E-state index contributed by atoms with van der Waals surface area (Å²) in [7, 11) is 3.62. The molecule has 4 heteroatoms. The molecule has 0 atom stereocenters. The molecule has 0 N–H and O–H groups in total. The van der Waals surface area contributed by atoms with Crippen LogP contribution in [0.1, 0.15) is 15.9 Å². The van der Waals surface area contributed by atoms with Gasteiger partial charge in [0.25, 0.3) is 0 Å². The fourth-order valence-corrected chi connectivity index (χ4v) is 2.72. The van der Waals surface area contributed by atoms with E-state index in [4.69, 9.17) is 0 Å². The number of hydrogen-bond donors (Lipinski definition) is 0. The molecule has 2 aromatic carbocycles. The molecule has 2 aromatic rings. The number of thioether (sulfide) groups is 1. The molecule has 114 valence electrons. The van der Waals surface area contributed by atoms with Gasteiger partial charge in [-0.2, -0.15) is 0 Å². The van der Waals surface area contributed by atoms with Crippen molar-refractivity contribution in [2.24, 2.45) is 0 Å². The quantitative estimate of drug-likeness (QED) is 0.448. The van der Waals surface area contributed by atoms with E-state index in [0.29, 0.717) is 0 Å². The van der Waals surface area contributed by atoms with Crippen molar-refractivity contribution in [1.82, 2.24) is 4.90 Å². The van der Waals surface area contributed by atoms with Crippen LogP contribution in [-0.4, -0.2) is 24.8 Å². The Morgan fingerprint density at radius 1 is 1.18 bits per heavy atom. The summed E-state index contributed by atoms with van der Waals surface area (Å²) in [5, 5.41) is 0. The minimum Gasteiger partial charge on any atom is -0.383 e. The smallest absolute Gasteiger partial charge is 0.190 e. The Bertz CT molecular complexity index is 668. The van der Waals surface area contributed by atoms with Crippen LogP contribution in [0.3, 0.4) is 0 Å². The number of halogens is 1. The van der Waals surface area contributed by atoms with E-state index in [1.54, 1.807) is 35.0 Å². The molecule has 0 radical (unpaired) electrons. The topological polar surface area (TPSA) is 20.3 Å². The van der Waals surface area contributed by atoms with Gasteiger partial charge in [0.15, 0.2) is 5.78 Å². The lowest BCUT2D eigenvalue weighted by atomic mass is 10.1. The Hall–Kier alpha value is -2.07. The second-order valence-electron chi connectivity index (χ2n) is 5.06. The van der Waals surface area contributed by atoms with Gasteiger partial charge in [-0.15, -0.1) is 11.8 Å². The molecular weight excluding hydrogens is 297 g/mol. The number of hydrogen-bond acceptors (Lipinski definition) is 3. The predicted octanol–water partition coefficient (Wildman–Crippen LogP) is 4.38. The molecule has 0 bridgehead atoms. The van der Waals surface area contributed by atoms with Gasteiger partial charge < -0.3 is 4.90 Å². The fraction of sp³-hybridized carbons (Fsp3) is 0.167. The molecule has 0 fully saturated rings. The third-order valence-corrected chi connectivity index (χ3v) is 4.04. The minimum absolute atomic E-state index is 0.108. The fourth-order valence-electron chi connectivity index (χ4n) is 1.83. The van der Waals surface area contributed by atoms with Crippen LogP contribution in [0, 0.1) is 5.82 Å². The lowest BCUT2D eigenvalue weighted by Crippen LogP contribution is -2.04. The normalized spacial score (nSPS) is 10.9. The Balaban J connectivity index is 2.11. The van der Waals surface area contributed by atoms with Crippen molar-refractivity contribution >= 4 is 17.5 Å². The number of rotatable bonds is 6. The summed E-state index contributed by atoms with van der Waals surface area (Å²) >= 11 is 1.58. The van der Waals surface area contributed by atoms with Crippen molar-refractivity contribution in [1.29, 1.82) is 0 Å². The van der Waals surface area contributed by atoms with Gasteiger partial charge in [-0.1, -0.05) is 30.3 Å². The Kier molecular flexibility index (Phi) is 5.78. The summed E-state index contributed by atoms with van der Waals surface area (Å²) in [6.07, 6.45) is 3.00. The van der Waals surface area contributed by atoms with Crippen molar-refractivity contribution < 1.29 is 9.18 Å². The standard InChI is InChI=1S/C18H18FNOS/c1-20(2)11-10-18(21)16-12-15(8-9-17(16)19)22-13-14-6-4-3-5-7-14/h3-12H,13H2,1-2H3/b11-10+. The lowest BCUT2D eigenvalue weighted by molar-refractivity contribution is 0.104. The van der Waals surface area contributed by atoms with Crippen molar-refractivity contribution in [2.75, 3.05) is 14.1 Å². The first-order valence-electron chi connectivity index (χ1n) is 6.91. The summed E-state index contributed by atoms with van der Waals surface area (Å²) in [5.74, 6) is -0.0287. The van der Waals surface area contributed by atoms with Crippen molar-refractivity contribution in [3.05, 3.63) is 77.8 Å². The predicted molar refractivity (Wildman–Crippen MR) is 89.6 cm³/mol. The molecule has 22 heavy (non-hydrogen) atoms. The van der Waals surface area contributed by atoms with E-state index in [2.05, 4.69) is 0 Å². The zero-order valence-electron chi connectivity index (χ0n) is 12.6. The maximum absolute atomic E-state index is 13.8. The van der Waals surface area contributed by atoms with Gasteiger partial charge in [-0.05, 0) is 23.8 Å². The molecule has 2 rings (SSSR count). The lowest BCUT2D eigenvalue weighted by Gasteiger charge is -2.06. The van der Waals surface area contributed by atoms with Crippen molar-refractivity contribution in [2.45, 2.75) is 10.6 Å². The first-order valence-corrected chi connectivity index (χ1v) is 7.90. The first-order chi connectivity index (χ1) is 10.6. The van der Waals surface area contributed by atoms with E-state index in [1.165, 1.54) is 17.7 Å². The van der Waals surface area contributed by atoms with E-state index in [0.717, 1.165) is 10.6 Å². The van der Waals surface area contributed by atoms with Crippen LogP contribution < -0.4 is 0 Å². The van der Waals surface area contributed by atoms with Crippen LogP contribution in [0.5, 0.6) is 0 Å². The van der Waals surface area contributed by atoms with E-state index < -0.39 is 5.82 Å². The van der Waals surface area contributed by atoms with Crippen LogP contribution in [0.15, 0.2) is 65.7 Å². The summed E-state index contributed by atoms with van der Waals surface area (Å²) in [4.78, 5) is 14.7. The maximum atomic E-state index is 13.8. The van der Waals surface area contributed by atoms with Crippen LogP contribution in [0.4, 0.5) is 4.39 Å². The number of carbonyl (C=O) groups excluding carboxylic acids is 1. The average Bonchev–Trinajstić information content (AvgIpc) is 2.52. The molecule has 0 amide bonds. The maximum Gasteiger partial charge on any atom is 0.190 e. The number of nitrogens with zero attached hydrogens (tertiary/aromatic N) is 1. The number of benzene rings is 2. The summed E-state index contributed by atoms with van der Waals surface area (Å²) in [5.41, 5.74) is 1.30. The zero-order valence-corrected chi connectivity index (χ0v) is 13.4. The van der Waals surface area contributed by atoms with Crippen molar-refractivity contribution in [3.8, 4) is 0 Å². The highest BCUT2D eigenvalue weighted by Crippen LogP contribution is 2.25. The van der Waals surface area contributed by atoms with Gasteiger partial charge in [-0.3, -0.25) is 4.79 Å². The summed E-state index contributed by atoms with van der Waals surface area (Å²) in [6.45, 7) is 0. The second-order valence-corrected chi connectivity index (χ2v) is 6.11. The SMILES string of the molecule is CN(C)/C=C/C(=O)c1cc(SCc2ccccc2)ccc1F. The molecule has 0 aromatic heterocycles. The molecule has 0 aliphatic heterocycles. The molecule has 0 aliphatic carbocycles. The molecule has 0 spiro atoms. The average molecular weight is 315 g/mol. The van der Waals surface area contributed by atoms with Crippen LogP contribution in [0.25, 0.3) is 0 Å². The van der Waals surface area contributed by atoms with Crippen molar-refractivity contribution in [3.63, 3.8) is 0 Å². The van der Waals surface area contributed by atoms with Gasteiger partial charge in [-0.25, -0.2) is 4.39 Å². The van der Waals surface area contributed by atoms with Crippen LogP contribution in [0.2, 0.25) is 0 Å². The minimum atomic E-state index is -0.488. The van der Waals surface area contributed by atoms with Crippen LogP contribution in [-0.2, 0) is 5.75 Å². The highest BCUT2D eigenvalue weighted by molar-refractivity contribution is 7.98. The highest BCUT2D eigenvalue weighted by Gasteiger charge is 2.10. The van der Waals surface area contributed by atoms with Gasteiger partial charge in [0.2, 0.25) is 0 Å². The van der Waals surface area contributed by atoms with E-state index in [1.807, 2.05) is 44.4 Å². The molecule has 2 nitrogen and oxygen atoms in total. The van der Waals surface area contributed by atoms with Gasteiger partial charge in [0, 0.05) is 37.0 Å². The zero-order chi connectivity index (χ0) is 15.9.